The molecule has 2 aliphatic rings. The number of carbonyl (C=O) groups is 1. The van der Waals surface area contributed by atoms with Crippen LogP contribution in [-0.4, -0.2) is 55.7 Å². The van der Waals surface area contributed by atoms with Gasteiger partial charge in [0.15, 0.2) is 0 Å². The van der Waals surface area contributed by atoms with Crippen molar-refractivity contribution < 1.29 is 15.0 Å². The van der Waals surface area contributed by atoms with Crippen molar-refractivity contribution in [1.82, 2.24) is 14.3 Å². The largest absolute Gasteiger partial charge is 0.390 e. The first-order valence-corrected chi connectivity index (χ1v) is 8.66. The summed E-state index contributed by atoms with van der Waals surface area (Å²) in [5.74, 6) is 0.788. The lowest BCUT2D eigenvalue weighted by Gasteiger charge is -2.31. The molecule has 0 bridgehead atoms. The fraction of sp³-hybridized carbons (Fsp3) is 0.556. The summed E-state index contributed by atoms with van der Waals surface area (Å²) in [5, 5.41) is 19.6. The molecular formula is C18H23N3O3. The van der Waals surface area contributed by atoms with Crippen LogP contribution in [0.1, 0.15) is 25.0 Å². The van der Waals surface area contributed by atoms with E-state index in [0.717, 1.165) is 11.3 Å². The number of fused-ring (bicyclic) bond motifs is 2. The van der Waals surface area contributed by atoms with E-state index in [1.54, 1.807) is 0 Å². The first kappa shape index (κ1) is 15.6. The number of aryl methyl sites for hydroxylation is 1. The molecule has 0 unspecified atom stereocenters. The minimum atomic E-state index is -0.640. The van der Waals surface area contributed by atoms with Crippen LogP contribution in [0.5, 0.6) is 0 Å². The number of aliphatic hydroxyl groups is 2. The Hall–Kier alpha value is -1.92. The van der Waals surface area contributed by atoms with E-state index in [9.17, 15) is 15.0 Å². The summed E-state index contributed by atoms with van der Waals surface area (Å²) in [4.78, 5) is 18.9. The van der Waals surface area contributed by atoms with Crippen LogP contribution in [0.2, 0.25) is 0 Å². The van der Waals surface area contributed by atoms with Crippen LogP contribution in [0.4, 0.5) is 0 Å². The second-order valence-corrected chi connectivity index (χ2v) is 7.12. The Labute approximate surface area is 140 Å². The smallest absolute Gasteiger partial charge is 0.222 e. The van der Waals surface area contributed by atoms with Crippen molar-refractivity contribution in [3.63, 3.8) is 0 Å². The Morgan fingerprint density at radius 1 is 1.17 bits per heavy atom. The van der Waals surface area contributed by atoms with Crippen LogP contribution in [0, 0.1) is 11.8 Å². The van der Waals surface area contributed by atoms with Crippen molar-refractivity contribution in [3.8, 4) is 0 Å². The fourth-order valence-electron chi connectivity index (χ4n) is 4.11. The molecule has 1 amide bonds. The van der Waals surface area contributed by atoms with Gasteiger partial charge in [0.1, 0.15) is 5.65 Å². The molecule has 3 heterocycles. The van der Waals surface area contributed by atoms with E-state index < -0.39 is 12.2 Å². The molecule has 2 aromatic heterocycles. The van der Waals surface area contributed by atoms with Crippen molar-refractivity contribution in [2.24, 2.45) is 11.8 Å². The lowest BCUT2D eigenvalue weighted by Crippen LogP contribution is -2.38. The highest BCUT2D eigenvalue weighted by molar-refractivity contribution is 5.76. The lowest BCUT2D eigenvalue weighted by atomic mass is 9.79. The van der Waals surface area contributed by atoms with Gasteiger partial charge in [-0.25, -0.2) is 4.98 Å². The first-order valence-electron chi connectivity index (χ1n) is 8.66. The van der Waals surface area contributed by atoms with Crippen LogP contribution in [0.25, 0.3) is 5.65 Å². The SMILES string of the molecule is O=C(CCc1cn2ccccc2n1)N1C[C@H]2C[C@H](O)[C@@H](O)C[C@H]2C1. The number of nitrogens with zero attached hydrogens (tertiary/aromatic N) is 3. The molecule has 2 N–H and O–H groups in total. The number of hydrogen-bond donors (Lipinski definition) is 2. The molecule has 0 spiro atoms. The number of carbonyl (C=O) groups excluding carboxylic acids is 1. The van der Waals surface area contributed by atoms with E-state index >= 15 is 0 Å². The minimum Gasteiger partial charge on any atom is -0.390 e. The van der Waals surface area contributed by atoms with Gasteiger partial charge in [-0.05, 0) is 43.2 Å². The van der Waals surface area contributed by atoms with Crippen LogP contribution >= 0.6 is 0 Å². The zero-order valence-corrected chi connectivity index (χ0v) is 13.6. The molecule has 1 aliphatic heterocycles. The molecule has 24 heavy (non-hydrogen) atoms. The standard InChI is InChI=1S/C18H23N3O3/c22-15-7-12-9-21(10-13(12)8-16(15)23)18(24)5-4-14-11-20-6-2-1-3-17(20)19-14/h1-3,6,11-13,15-16,22-23H,4-5,7-10H2/t12-,13+,15-,16-/m0/s1. The summed E-state index contributed by atoms with van der Waals surface area (Å²) >= 11 is 0. The normalized spacial score (nSPS) is 29.8. The molecule has 4 atom stereocenters. The topological polar surface area (TPSA) is 78.1 Å². The molecule has 2 aromatic rings. The highest BCUT2D eigenvalue weighted by Gasteiger charge is 2.42. The lowest BCUT2D eigenvalue weighted by molar-refractivity contribution is -0.130. The minimum absolute atomic E-state index is 0.144. The average Bonchev–Trinajstić information content (AvgIpc) is 3.16. The van der Waals surface area contributed by atoms with Crippen LogP contribution in [0.15, 0.2) is 30.6 Å². The number of aromatic nitrogens is 2. The molecule has 1 aliphatic carbocycles. The molecule has 0 radical (unpaired) electrons. The van der Waals surface area contributed by atoms with E-state index in [2.05, 4.69) is 4.98 Å². The Kier molecular flexibility index (Phi) is 4.02. The van der Waals surface area contributed by atoms with Crippen molar-refractivity contribution >= 4 is 11.6 Å². The summed E-state index contributed by atoms with van der Waals surface area (Å²) in [6.07, 6.45) is 4.93. The van der Waals surface area contributed by atoms with Gasteiger partial charge < -0.3 is 19.5 Å². The Morgan fingerprint density at radius 3 is 2.54 bits per heavy atom. The van der Waals surface area contributed by atoms with E-state index in [1.165, 1.54) is 0 Å². The summed E-state index contributed by atoms with van der Waals surface area (Å²) in [5.41, 5.74) is 1.83. The van der Waals surface area contributed by atoms with Gasteiger partial charge in [0.2, 0.25) is 5.91 Å². The molecule has 2 fully saturated rings. The van der Waals surface area contributed by atoms with E-state index in [1.807, 2.05) is 39.9 Å². The summed E-state index contributed by atoms with van der Waals surface area (Å²) in [6, 6.07) is 5.86. The number of hydrogen-bond acceptors (Lipinski definition) is 4. The third kappa shape index (κ3) is 2.91. The van der Waals surface area contributed by atoms with E-state index in [-0.39, 0.29) is 5.91 Å². The van der Waals surface area contributed by atoms with Crippen molar-refractivity contribution in [2.45, 2.75) is 37.9 Å². The zero-order chi connectivity index (χ0) is 16.7. The second-order valence-electron chi connectivity index (χ2n) is 7.12. The van der Waals surface area contributed by atoms with Crippen LogP contribution < -0.4 is 0 Å². The maximum absolute atomic E-state index is 12.5. The molecule has 4 rings (SSSR count). The molecule has 1 saturated carbocycles. The van der Waals surface area contributed by atoms with Gasteiger partial charge in [0.25, 0.3) is 0 Å². The van der Waals surface area contributed by atoms with E-state index in [4.69, 9.17) is 0 Å². The predicted molar refractivity (Wildman–Crippen MR) is 88.3 cm³/mol. The highest BCUT2D eigenvalue weighted by Crippen LogP contribution is 2.36. The van der Waals surface area contributed by atoms with Crippen molar-refractivity contribution in [3.05, 3.63) is 36.3 Å². The third-order valence-corrected chi connectivity index (χ3v) is 5.47. The van der Waals surface area contributed by atoms with Gasteiger partial charge in [-0.2, -0.15) is 0 Å². The third-order valence-electron chi connectivity index (χ3n) is 5.47. The van der Waals surface area contributed by atoms with Gasteiger partial charge in [-0.1, -0.05) is 6.07 Å². The maximum atomic E-state index is 12.5. The molecular weight excluding hydrogens is 306 g/mol. The van der Waals surface area contributed by atoms with Crippen molar-refractivity contribution in [1.29, 1.82) is 0 Å². The molecule has 6 heteroatoms. The molecule has 128 valence electrons. The Morgan fingerprint density at radius 2 is 1.88 bits per heavy atom. The van der Waals surface area contributed by atoms with Gasteiger partial charge >= 0.3 is 0 Å². The van der Waals surface area contributed by atoms with Crippen molar-refractivity contribution in [2.75, 3.05) is 13.1 Å². The Bertz CT molecular complexity index is 693. The number of aliphatic hydroxyl groups excluding tert-OH is 2. The van der Waals surface area contributed by atoms with Crippen LogP contribution in [0.3, 0.4) is 0 Å². The number of pyridine rings is 1. The number of likely N-dealkylation sites (tertiary alicyclic amines) is 1. The number of rotatable bonds is 3. The average molecular weight is 329 g/mol. The maximum Gasteiger partial charge on any atom is 0.222 e. The highest BCUT2D eigenvalue weighted by atomic mass is 16.3. The van der Waals surface area contributed by atoms with Gasteiger partial charge in [0.05, 0.1) is 17.9 Å². The quantitative estimate of drug-likeness (QED) is 0.875. The summed E-state index contributed by atoms with van der Waals surface area (Å²) < 4.78 is 1.97. The van der Waals surface area contributed by atoms with Crippen LogP contribution in [-0.2, 0) is 11.2 Å². The summed E-state index contributed by atoms with van der Waals surface area (Å²) in [7, 11) is 0. The zero-order valence-electron chi connectivity index (χ0n) is 13.6. The summed E-state index contributed by atoms with van der Waals surface area (Å²) in [6.45, 7) is 1.41. The monoisotopic (exact) mass is 329 g/mol. The molecule has 0 aromatic carbocycles. The Balaban J connectivity index is 1.35. The van der Waals surface area contributed by atoms with Gasteiger partial charge in [-0.15, -0.1) is 0 Å². The molecule has 1 saturated heterocycles. The van der Waals surface area contributed by atoms with E-state index in [0.29, 0.717) is 50.6 Å². The predicted octanol–water partition coefficient (Wildman–Crippen LogP) is 0.857. The van der Waals surface area contributed by atoms with Gasteiger partial charge in [0, 0.05) is 31.9 Å². The van der Waals surface area contributed by atoms with Gasteiger partial charge in [-0.3, -0.25) is 4.79 Å². The number of imidazole rings is 1. The first-order chi connectivity index (χ1) is 11.6. The molecule has 6 nitrogen and oxygen atoms in total. The second kappa shape index (κ2) is 6.18. The number of amides is 1. The fourth-order valence-corrected chi connectivity index (χ4v) is 4.11.